The van der Waals surface area contributed by atoms with Gasteiger partial charge in [0.25, 0.3) is 0 Å². The van der Waals surface area contributed by atoms with E-state index in [1.165, 1.54) is 0 Å². The van der Waals surface area contributed by atoms with Gasteiger partial charge in [-0.1, -0.05) is 18.5 Å². The first-order chi connectivity index (χ1) is 8.11. The highest BCUT2D eigenvalue weighted by Gasteiger charge is 2.30. The number of hydrogen-bond donors (Lipinski definition) is 1. The number of aliphatic hydroxyl groups excluding tert-OH is 1. The molecule has 1 heterocycles. The maximum Gasteiger partial charge on any atom is 0.125 e. The van der Waals surface area contributed by atoms with E-state index < -0.39 is 6.10 Å². The molecule has 0 saturated heterocycles. The Bertz CT molecular complexity index is 394. The van der Waals surface area contributed by atoms with E-state index in [0.717, 1.165) is 11.3 Å². The zero-order valence-corrected chi connectivity index (χ0v) is 10.8. The fourth-order valence-electron chi connectivity index (χ4n) is 2.16. The Morgan fingerprint density at radius 3 is 3.06 bits per heavy atom. The van der Waals surface area contributed by atoms with Crippen molar-refractivity contribution in [3.8, 4) is 5.75 Å². The first-order valence-electron chi connectivity index (χ1n) is 5.75. The van der Waals surface area contributed by atoms with Crippen molar-refractivity contribution < 1.29 is 14.6 Å². The minimum Gasteiger partial charge on any atom is -0.490 e. The summed E-state index contributed by atoms with van der Waals surface area (Å²) in [7, 11) is 1.67. The van der Waals surface area contributed by atoms with Crippen molar-refractivity contribution in [1.29, 1.82) is 0 Å². The van der Waals surface area contributed by atoms with Gasteiger partial charge in [0.2, 0.25) is 0 Å². The van der Waals surface area contributed by atoms with Crippen molar-refractivity contribution in [2.45, 2.75) is 25.6 Å². The summed E-state index contributed by atoms with van der Waals surface area (Å²) in [6, 6.07) is 5.35. The molecule has 0 saturated carbocycles. The summed E-state index contributed by atoms with van der Waals surface area (Å²) in [6.07, 6.45) is 0.0538. The van der Waals surface area contributed by atoms with Gasteiger partial charge in [0.15, 0.2) is 0 Å². The van der Waals surface area contributed by atoms with Crippen LogP contribution in [0.25, 0.3) is 0 Å². The summed E-state index contributed by atoms with van der Waals surface area (Å²) in [5.41, 5.74) is 0.776. The van der Waals surface area contributed by atoms with Crippen LogP contribution >= 0.6 is 11.6 Å². The fourth-order valence-corrected chi connectivity index (χ4v) is 2.34. The van der Waals surface area contributed by atoms with Gasteiger partial charge in [-0.05, 0) is 18.2 Å². The third-order valence-electron chi connectivity index (χ3n) is 3.13. The van der Waals surface area contributed by atoms with Crippen LogP contribution in [-0.4, -0.2) is 24.9 Å². The molecule has 4 heteroatoms. The number of rotatable bonds is 3. The molecule has 1 aromatic carbocycles. The van der Waals surface area contributed by atoms with E-state index in [9.17, 15) is 5.11 Å². The summed E-state index contributed by atoms with van der Waals surface area (Å²) in [5.74, 6) is 0.972. The maximum atomic E-state index is 10.1. The van der Waals surface area contributed by atoms with Gasteiger partial charge in [-0.25, -0.2) is 0 Å². The smallest absolute Gasteiger partial charge is 0.125 e. The Kier molecular flexibility index (Phi) is 3.92. The second-order valence-corrected chi connectivity index (χ2v) is 4.96. The molecule has 1 aliphatic rings. The first kappa shape index (κ1) is 12.7. The molecule has 1 aromatic rings. The number of hydrogen-bond acceptors (Lipinski definition) is 3. The molecule has 3 nitrogen and oxygen atoms in total. The molecule has 2 unspecified atom stereocenters. The molecule has 0 bridgehead atoms. The van der Waals surface area contributed by atoms with Crippen molar-refractivity contribution in [1.82, 2.24) is 0 Å². The molecule has 17 heavy (non-hydrogen) atoms. The molecular formula is C13H17ClO3. The molecule has 0 aliphatic carbocycles. The zero-order chi connectivity index (χ0) is 12.4. The molecule has 0 amide bonds. The van der Waals surface area contributed by atoms with Crippen LogP contribution in [0.3, 0.4) is 0 Å². The van der Waals surface area contributed by atoms with E-state index in [1.54, 1.807) is 19.2 Å². The number of halogens is 1. The number of fused-ring (bicyclic) bond motifs is 1. The monoisotopic (exact) mass is 256 g/mol. The van der Waals surface area contributed by atoms with Gasteiger partial charge in [0.05, 0.1) is 12.7 Å². The third-order valence-corrected chi connectivity index (χ3v) is 3.36. The normalized spacial score (nSPS) is 24.9. The van der Waals surface area contributed by atoms with E-state index in [0.29, 0.717) is 18.1 Å². The van der Waals surface area contributed by atoms with E-state index >= 15 is 0 Å². The molecule has 0 fully saturated rings. The van der Waals surface area contributed by atoms with Gasteiger partial charge < -0.3 is 14.6 Å². The SMILES string of the molecule is COCC(C)C1C[C@@H](O)c2cc(Cl)ccc2O1. The average molecular weight is 257 g/mol. The molecule has 1 aliphatic heterocycles. The number of aliphatic hydroxyl groups is 1. The summed E-state index contributed by atoms with van der Waals surface area (Å²) >= 11 is 5.90. The van der Waals surface area contributed by atoms with Crippen molar-refractivity contribution in [3.63, 3.8) is 0 Å². The quantitative estimate of drug-likeness (QED) is 0.904. The molecule has 2 rings (SSSR count). The molecule has 1 N–H and O–H groups in total. The van der Waals surface area contributed by atoms with Crippen LogP contribution in [0.4, 0.5) is 0 Å². The summed E-state index contributed by atoms with van der Waals surface area (Å²) in [6.45, 7) is 2.68. The van der Waals surface area contributed by atoms with Crippen molar-refractivity contribution in [3.05, 3.63) is 28.8 Å². The predicted octanol–water partition coefficient (Wildman–Crippen LogP) is 2.81. The Morgan fingerprint density at radius 1 is 1.59 bits per heavy atom. The molecule has 0 aromatic heterocycles. The fraction of sp³-hybridized carbons (Fsp3) is 0.538. The van der Waals surface area contributed by atoms with Gasteiger partial charge in [-0.2, -0.15) is 0 Å². The summed E-state index contributed by atoms with van der Waals surface area (Å²) < 4.78 is 11.0. The number of methoxy groups -OCH3 is 1. The Hall–Kier alpha value is -0.770. The maximum absolute atomic E-state index is 10.1. The van der Waals surface area contributed by atoms with Crippen LogP contribution in [0.15, 0.2) is 18.2 Å². The third kappa shape index (κ3) is 2.73. The van der Waals surface area contributed by atoms with Crippen LogP contribution in [0.1, 0.15) is 25.0 Å². The Morgan fingerprint density at radius 2 is 2.35 bits per heavy atom. The Balaban J connectivity index is 2.18. The molecule has 0 spiro atoms. The van der Waals surface area contributed by atoms with Crippen molar-refractivity contribution >= 4 is 11.6 Å². The van der Waals surface area contributed by atoms with E-state index in [1.807, 2.05) is 6.07 Å². The van der Waals surface area contributed by atoms with Crippen LogP contribution in [-0.2, 0) is 4.74 Å². The largest absolute Gasteiger partial charge is 0.490 e. The molecule has 94 valence electrons. The van der Waals surface area contributed by atoms with Gasteiger partial charge >= 0.3 is 0 Å². The minimum atomic E-state index is -0.512. The lowest BCUT2D eigenvalue weighted by atomic mass is 9.93. The van der Waals surface area contributed by atoms with E-state index in [2.05, 4.69) is 6.92 Å². The highest BCUT2D eigenvalue weighted by molar-refractivity contribution is 6.30. The lowest BCUT2D eigenvalue weighted by Gasteiger charge is -2.33. The lowest BCUT2D eigenvalue weighted by Crippen LogP contribution is -2.33. The van der Waals surface area contributed by atoms with Crippen LogP contribution < -0.4 is 4.74 Å². The summed E-state index contributed by atoms with van der Waals surface area (Å²) in [4.78, 5) is 0. The second-order valence-electron chi connectivity index (χ2n) is 4.52. The van der Waals surface area contributed by atoms with Crippen molar-refractivity contribution in [2.75, 3.05) is 13.7 Å². The van der Waals surface area contributed by atoms with Crippen molar-refractivity contribution in [2.24, 2.45) is 5.92 Å². The second kappa shape index (κ2) is 5.25. The molecular weight excluding hydrogens is 240 g/mol. The predicted molar refractivity (Wildman–Crippen MR) is 66.5 cm³/mol. The van der Waals surface area contributed by atoms with Gasteiger partial charge in [0, 0.05) is 30.0 Å². The number of benzene rings is 1. The highest BCUT2D eigenvalue weighted by atomic mass is 35.5. The van der Waals surface area contributed by atoms with Gasteiger partial charge in [-0.3, -0.25) is 0 Å². The zero-order valence-electron chi connectivity index (χ0n) is 10.0. The standard InChI is InChI=1S/C13H17ClO3/c1-8(7-16-2)13-6-11(15)10-5-9(14)3-4-12(10)17-13/h3-5,8,11,13,15H,6-7H2,1-2H3/t8?,11-,13?/m1/s1. The van der Waals surface area contributed by atoms with Crippen LogP contribution in [0.5, 0.6) is 5.75 Å². The van der Waals surface area contributed by atoms with Gasteiger partial charge in [-0.15, -0.1) is 0 Å². The molecule has 0 radical (unpaired) electrons. The number of ether oxygens (including phenoxy) is 2. The van der Waals surface area contributed by atoms with E-state index in [-0.39, 0.29) is 12.0 Å². The lowest BCUT2D eigenvalue weighted by molar-refractivity contribution is 0.0137. The van der Waals surface area contributed by atoms with E-state index in [4.69, 9.17) is 21.1 Å². The van der Waals surface area contributed by atoms with Crippen LogP contribution in [0.2, 0.25) is 5.02 Å². The molecule has 3 atom stereocenters. The first-order valence-corrected chi connectivity index (χ1v) is 6.12. The summed E-state index contributed by atoms with van der Waals surface area (Å²) in [5, 5.41) is 10.7. The minimum absolute atomic E-state index is 0.0152. The highest BCUT2D eigenvalue weighted by Crippen LogP contribution is 2.38. The van der Waals surface area contributed by atoms with Gasteiger partial charge in [0.1, 0.15) is 11.9 Å². The Labute approximate surface area is 106 Å². The topological polar surface area (TPSA) is 38.7 Å². The van der Waals surface area contributed by atoms with Crippen LogP contribution in [0, 0.1) is 5.92 Å². The average Bonchev–Trinajstić information content (AvgIpc) is 2.30.